The van der Waals surface area contributed by atoms with Gasteiger partial charge >= 0.3 is 0 Å². The summed E-state index contributed by atoms with van der Waals surface area (Å²) < 4.78 is 12.7. The largest absolute Gasteiger partial charge is 0.370 e. The van der Waals surface area contributed by atoms with E-state index in [1.807, 2.05) is 0 Å². The van der Waals surface area contributed by atoms with Gasteiger partial charge < -0.3 is 16.8 Å². The number of aromatic nitrogens is 1. The van der Waals surface area contributed by atoms with Crippen LogP contribution in [0.2, 0.25) is 0 Å². The number of hydrogen-bond acceptors (Lipinski definition) is 4. The molecule has 8 heteroatoms. The zero-order valence-electron chi connectivity index (χ0n) is 10.3. The Balaban J connectivity index is 1.96. The molecule has 0 aliphatic carbocycles. The third-order valence-electron chi connectivity index (χ3n) is 2.23. The average molecular weight is 293 g/mol. The van der Waals surface area contributed by atoms with Crippen LogP contribution in [0, 0.1) is 5.82 Å². The molecule has 0 saturated heterocycles. The monoisotopic (exact) mass is 293 g/mol. The fraction of sp³-hybridized carbons (Fsp3) is 0.0833. The highest BCUT2D eigenvalue weighted by molar-refractivity contribution is 7.13. The minimum absolute atomic E-state index is 0.0818. The van der Waals surface area contributed by atoms with Gasteiger partial charge in [-0.3, -0.25) is 4.79 Å². The summed E-state index contributed by atoms with van der Waals surface area (Å²) in [6.45, 7) is 0. The maximum absolute atomic E-state index is 12.7. The van der Waals surface area contributed by atoms with Gasteiger partial charge in [0, 0.05) is 11.1 Å². The number of nitrogens with one attached hydrogen (secondary N) is 1. The van der Waals surface area contributed by atoms with Crippen molar-refractivity contribution in [2.75, 3.05) is 5.32 Å². The van der Waals surface area contributed by atoms with Crippen molar-refractivity contribution in [3.8, 4) is 0 Å². The number of halogens is 1. The van der Waals surface area contributed by atoms with Crippen LogP contribution in [0.5, 0.6) is 0 Å². The molecule has 20 heavy (non-hydrogen) atoms. The lowest BCUT2D eigenvalue weighted by Gasteiger charge is -2.03. The van der Waals surface area contributed by atoms with Gasteiger partial charge in [-0.1, -0.05) is 0 Å². The van der Waals surface area contributed by atoms with Crippen molar-refractivity contribution in [2.24, 2.45) is 16.5 Å². The number of thiazole rings is 1. The standard InChI is InChI=1S/C12H12FN5OS/c13-7-1-3-8(4-2-7)16-10(19)5-9-6-20-12(17-9)18-11(14)15/h1-4,6H,5H2,(H,16,19)(H4,14,15,17,18). The summed E-state index contributed by atoms with van der Waals surface area (Å²) >= 11 is 1.24. The number of nitrogens with zero attached hydrogens (tertiary/aromatic N) is 2. The molecule has 104 valence electrons. The summed E-state index contributed by atoms with van der Waals surface area (Å²) in [7, 11) is 0. The predicted molar refractivity (Wildman–Crippen MR) is 76.3 cm³/mol. The molecule has 2 rings (SSSR count). The molecule has 0 saturated carbocycles. The summed E-state index contributed by atoms with van der Waals surface area (Å²) in [5.74, 6) is -0.691. The number of carbonyl (C=O) groups is 1. The first-order valence-corrected chi connectivity index (χ1v) is 6.50. The van der Waals surface area contributed by atoms with Gasteiger partial charge in [-0.2, -0.15) is 4.99 Å². The van der Waals surface area contributed by atoms with Gasteiger partial charge in [0.05, 0.1) is 12.1 Å². The van der Waals surface area contributed by atoms with Crippen LogP contribution in [-0.2, 0) is 11.2 Å². The highest BCUT2D eigenvalue weighted by atomic mass is 32.1. The molecule has 1 heterocycles. The summed E-state index contributed by atoms with van der Waals surface area (Å²) in [5, 5.41) is 4.74. The molecule has 1 aromatic heterocycles. The second-order valence-corrected chi connectivity index (χ2v) is 4.73. The van der Waals surface area contributed by atoms with Gasteiger partial charge in [-0.15, -0.1) is 11.3 Å². The van der Waals surface area contributed by atoms with E-state index >= 15 is 0 Å². The van der Waals surface area contributed by atoms with Crippen LogP contribution in [-0.4, -0.2) is 16.9 Å². The van der Waals surface area contributed by atoms with Crippen molar-refractivity contribution >= 4 is 34.0 Å². The Bertz CT molecular complexity index is 634. The number of aliphatic imine (C=N–C) groups is 1. The Labute approximate surface area is 118 Å². The summed E-state index contributed by atoms with van der Waals surface area (Å²) in [4.78, 5) is 19.7. The van der Waals surface area contributed by atoms with Crippen molar-refractivity contribution in [1.29, 1.82) is 0 Å². The Morgan fingerprint density at radius 3 is 2.70 bits per heavy atom. The number of hydrogen-bond donors (Lipinski definition) is 3. The van der Waals surface area contributed by atoms with E-state index in [9.17, 15) is 9.18 Å². The third-order valence-corrected chi connectivity index (χ3v) is 3.02. The van der Waals surface area contributed by atoms with Crippen molar-refractivity contribution in [1.82, 2.24) is 4.98 Å². The van der Waals surface area contributed by atoms with Crippen LogP contribution in [0.4, 0.5) is 15.2 Å². The Kier molecular flexibility index (Phi) is 4.26. The number of rotatable bonds is 4. The highest BCUT2D eigenvalue weighted by Gasteiger charge is 2.08. The van der Waals surface area contributed by atoms with E-state index in [1.165, 1.54) is 35.6 Å². The van der Waals surface area contributed by atoms with E-state index in [-0.39, 0.29) is 24.1 Å². The maximum Gasteiger partial charge on any atom is 0.230 e. The van der Waals surface area contributed by atoms with E-state index in [1.54, 1.807) is 5.38 Å². The molecule has 0 radical (unpaired) electrons. The van der Waals surface area contributed by atoms with Crippen LogP contribution in [0.3, 0.4) is 0 Å². The molecule has 0 aliphatic heterocycles. The molecule has 0 spiro atoms. The smallest absolute Gasteiger partial charge is 0.230 e. The van der Waals surface area contributed by atoms with Crippen LogP contribution in [0.1, 0.15) is 5.69 Å². The summed E-state index contributed by atoms with van der Waals surface area (Å²) in [6.07, 6.45) is 0.0911. The molecule has 0 atom stereocenters. The summed E-state index contributed by atoms with van der Waals surface area (Å²) in [6, 6.07) is 5.52. The molecule has 0 aliphatic rings. The Morgan fingerprint density at radius 1 is 1.35 bits per heavy atom. The number of carbonyl (C=O) groups excluding carboxylic acids is 1. The van der Waals surface area contributed by atoms with Crippen molar-refractivity contribution in [3.63, 3.8) is 0 Å². The molecule has 0 fully saturated rings. The van der Waals surface area contributed by atoms with Gasteiger partial charge in [0.15, 0.2) is 5.96 Å². The van der Waals surface area contributed by atoms with Crippen LogP contribution in [0.15, 0.2) is 34.6 Å². The van der Waals surface area contributed by atoms with E-state index in [0.717, 1.165) is 0 Å². The number of guanidine groups is 1. The minimum atomic E-state index is -0.357. The minimum Gasteiger partial charge on any atom is -0.370 e. The quantitative estimate of drug-likeness (QED) is 0.584. The average Bonchev–Trinajstić information content (AvgIpc) is 2.78. The van der Waals surface area contributed by atoms with E-state index in [0.29, 0.717) is 16.5 Å². The summed E-state index contributed by atoms with van der Waals surface area (Å²) in [5.41, 5.74) is 11.6. The number of anilines is 1. The third kappa shape index (κ3) is 4.02. The first-order chi connectivity index (χ1) is 9.52. The van der Waals surface area contributed by atoms with E-state index < -0.39 is 0 Å². The SMILES string of the molecule is NC(N)=Nc1nc(CC(=O)Nc2ccc(F)cc2)cs1. The molecular weight excluding hydrogens is 281 g/mol. The highest BCUT2D eigenvalue weighted by Crippen LogP contribution is 2.19. The topological polar surface area (TPSA) is 106 Å². The fourth-order valence-corrected chi connectivity index (χ4v) is 2.15. The zero-order chi connectivity index (χ0) is 14.5. The molecular formula is C12H12FN5OS. The maximum atomic E-state index is 12.7. The first kappa shape index (κ1) is 13.9. The first-order valence-electron chi connectivity index (χ1n) is 5.62. The molecule has 5 N–H and O–H groups in total. The lowest BCUT2D eigenvalue weighted by Crippen LogP contribution is -2.21. The van der Waals surface area contributed by atoms with Gasteiger partial charge in [-0.05, 0) is 24.3 Å². The van der Waals surface area contributed by atoms with E-state index in [4.69, 9.17) is 11.5 Å². The van der Waals surface area contributed by atoms with Gasteiger partial charge in [0.1, 0.15) is 5.82 Å². The molecule has 1 aromatic carbocycles. The van der Waals surface area contributed by atoms with Crippen molar-refractivity contribution in [2.45, 2.75) is 6.42 Å². The van der Waals surface area contributed by atoms with Gasteiger partial charge in [0.25, 0.3) is 0 Å². The zero-order valence-corrected chi connectivity index (χ0v) is 11.2. The molecule has 1 amide bonds. The predicted octanol–water partition coefficient (Wildman–Crippen LogP) is 1.37. The Hall–Kier alpha value is -2.48. The molecule has 0 unspecified atom stereocenters. The van der Waals surface area contributed by atoms with Crippen molar-refractivity contribution < 1.29 is 9.18 Å². The normalized spacial score (nSPS) is 10.1. The van der Waals surface area contributed by atoms with Gasteiger partial charge in [-0.25, -0.2) is 9.37 Å². The fourth-order valence-electron chi connectivity index (χ4n) is 1.44. The lowest BCUT2D eigenvalue weighted by atomic mass is 10.3. The second-order valence-electron chi connectivity index (χ2n) is 3.89. The van der Waals surface area contributed by atoms with Crippen LogP contribution in [0.25, 0.3) is 0 Å². The van der Waals surface area contributed by atoms with Gasteiger partial charge in [0.2, 0.25) is 11.0 Å². The van der Waals surface area contributed by atoms with Crippen LogP contribution >= 0.6 is 11.3 Å². The number of benzene rings is 1. The van der Waals surface area contributed by atoms with E-state index in [2.05, 4.69) is 15.3 Å². The van der Waals surface area contributed by atoms with Crippen LogP contribution < -0.4 is 16.8 Å². The number of nitrogens with two attached hydrogens (primary N) is 2. The number of amides is 1. The second kappa shape index (κ2) is 6.11. The van der Waals surface area contributed by atoms with Crippen molar-refractivity contribution in [3.05, 3.63) is 41.2 Å². The molecule has 6 nitrogen and oxygen atoms in total. The Morgan fingerprint density at radius 2 is 2.05 bits per heavy atom. The lowest BCUT2D eigenvalue weighted by molar-refractivity contribution is -0.115. The molecule has 2 aromatic rings. The molecule has 0 bridgehead atoms.